The predicted octanol–water partition coefficient (Wildman–Crippen LogP) is 1.95. The number of carbonyl (C=O) groups is 1. The van der Waals surface area contributed by atoms with E-state index in [0.29, 0.717) is 12.6 Å². The third kappa shape index (κ3) is 3.81. The highest BCUT2D eigenvalue weighted by Crippen LogP contribution is 2.24. The molecule has 0 saturated carbocycles. The first kappa shape index (κ1) is 15.0. The summed E-state index contributed by atoms with van der Waals surface area (Å²) >= 11 is 0. The summed E-state index contributed by atoms with van der Waals surface area (Å²) in [7, 11) is 0. The highest BCUT2D eigenvalue weighted by atomic mass is 16.3. The van der Waals surface area contributed by atoms with Crippen LogP contribution in [0.5, 0.6) is 0 Å². The molecule has 4 nitrogen and oxygen atoms in total. The number of hydrogen-bond donors (Lipinski definition) is 2. The Morgan fingerprint density at radius 2 is 2.10 bits per heavy atom. The molecule has 1 heterocycles. The molecule has 0 bridgehead atoms. The monoisotopic (exact) mass is 276 g/mol. The second-order valence-corrected chi connectivity index (χ2v) is 5.66. The number of carbonyl (C=O) groups excluding carboxylic acids is 1. The molecule has 1 aromatic carbocycles. The van der Waals surface area contributed by atoms with Gasteiger partial charge in [0.2, 0.25) is 0 Å². The van der Waals surface area contributed by atoms with Gasteiger partial charge in [-0.15, -0.1) is 0 Å². The summed E-state index contributed by atoms with van der Waals surface area (Å²) in [5.74, 6) is 0.234. The number of likely N-dealkylation sites (tertiary alicyclic amines) is 1. The van der Waals surface area contributed by atoms with Crippen LogP contribution >= 0.6 is 0 Å². The van der Waals surface area contributed by atoms with Gasteiger partial charge in [-0.2, -0.15) is 0 Å². The Hall–Kier alpha value is -1.39. The Labute approximate surface area is 120 Å². The van der Waals surface area contributed by atoms with E-state index in [9.17, 15) is 9.90 Å². The zero-order valence-electron chi connectivity index (χ0n) is 12.4. The van der Waals surface area contributed by atoms with Gasteiger partial charge in [0.05, 0.1) is 13.2 Å². The minimum atomic E-state index is 0.0627. The molecule has 0 aromatic heterocycles. The lowest BCUT2D eigenvalue weighted by molar-refractivity contribution is -0.118. The highest BCUT2D eigenvalue weighted by Gasteiger charge is 2.20. The molecular weight excluding hydrogens is 252 g/mol. The molecule has 110 valence electrons. The van der Waals surface area contributed by atoms with Crippen molar-refractivity contribution >= 4 is 11.5 Å². The van der Waals surface area contributed by atoms with Crippen molar-refractivity contribution in [1.29, 1.82) is 0 Å². The number of benzene rings is 1. The molecule has 2 rings (SSSR count). The summed E-state index contributed by atoms with van der Waals surface area (Å²) in [6, 6.07) is 6.42. The smallest absolute Gasteiger partial charge is 0.143 e. The van der Waals surface area contributed by atoms with Crippen LogP contribution in [0.25, 0.3) is 0 Å². The van der Waals surface area contributed by atoms with Gasteiger partial charge in [-0.05, 0) is 32.3 Å². The van der Waals surface area contributed by atoms with Crippen LogP contribution in [-0.4, -0.2) is 41.5 Å². The fourth-order valence-electron chi connectivity index (χ4n) is 2.82. The van der Waals surface area contributed by atoms with Crippen molar-refractivity contribution in [1.82, 2.24) is 4.90 Å². The maximum atomic E-state index is 11.1. The average molecular weight is 276 g/mol. The second kappa shape index (κ2) is 6.86. The molecule has 2 N–H and O–H groups in total. The molecule has 0 radical (unpaired) electrons. The molecule has 1 aliphatic heterocycles. The number of para-hydroxylation sites is 1. The lowest BCUT2D eigenvalue weighted by Crippen LogP contribution is -2.41. The summed E-state index contributed by atoms with van der Waals surface area (Å²) in [6.45, 7) is 6.25. The van der Waals surface area contributed by atoms with Crippen LogP contribution in [0.15, 0.2) is 18.2 Å². The number of nitrogens with zero attached hydrogens (tertiary/aromatic N) is 1. The van der Waals surface area contributed by atoms with E-state index in [1.807, 2.05) is 12.1 Å². The summed E-state index contributed by atoms with van der Waals surface area (Å²) in [5.41, 5.74) is 3.19. The van der Waals surface area contributed by atoms with Crippen LogP contribution in [0.1, 0.15) is 30.9 Å². The summed E-state index contributed by atoms with van der Waals surface area (Å²) in [4.78, 5) is 13.3. The number of hydrogen-bond acceptors (Lipinski definition) is 4. The van der Waals surface area contributed by atoms with E-state index in [0.717, 1.165) is 37.2 Å². The Bertz CT molecular complexity index is 466. The van der Waals surface area contributed by atoms with E-state index in [2.05, 4.69) is 23.2 Å². The Morgan fingerprint density at radius 3 is 2.70 bits per heavy atom. The van der Waals surface area contributed by atoms with Gasteiger partial charge in [-0.3, -0.25) is 9.69 Å². The molecule has 20 heavy (non-hydrogen) atoms. The van der Waals surface area contributed by atoms with Crippen molar-refractivity contribution in [2.45, 2.75) is 39.3 Å². The van der Waals surface area contributed by atoms with Crippen LogP contribution in [0.3, 0.4) is 0 Å². The molecule has 4 heteroatoms. The zero-order chi connectivity index (χ0) is 14.5. The van der Waals surface area contributed by atoms with Gasteiger partial charge >= 0.3 is 0 Å². The van der Waals surface area contributed by atoms with Gasteiger partial charge in [-0.25, -0.2) is 0 Å². The van der Waals surface area contributed by atoms with Crippen molar-refractivity contribution < 1.29 is 9.90 Å². The Kier molecular flexibility index (Phi) is 5.15. The largest absolute Gasteiger partial charge is 0.392 e. The van der Waals surface area contributed by atoms with Crippen LogP contribution in [0, 0.1) is 6.92 Å². The Morgan fingerprint density at radius 1 is 1.40 bits per heavy atom. The number of aliphatic hydroxyl groups is 1. The lowest BCUT2D eigenvalue weighted by Gasteiger charge is -2.33. The number of rotatable bonds is 5. The van der Waals surface area contributed by atoms with E-state index < -0.39 is 0 Å². The summed E-state index contributed by atoms with van der Waals surface area (Å²) in [5, 5.41) is 13.0. The molecule has 0 atom stereocenters. The maximum absolute atomic E-state index is 11.1. The standard InChI is InChI=1S/C16H24N2O2/c1-12-4-3-5-14(11-19)16(12)17-15-6-8-18(9-7-15)10-13(2)20/h3-5,15,17,19H,6-11H2,1-2H3. The van der Waals surface area contributed by atoms with E-state index in [4.69, 9.17) is 0 Å². The Balaban J connectivity index is 1.94. The number of nitrogens with one attached hydrogen (secondary N) is 1. The minimum absolute atomic E-state index is 0.0627. The van der Waals surface area contributed by atoms with Crippen LogP contribution in [0.4, 0.5) is 5.69 Å². The molecule has 0 unspecified atom stereocenters. The summed E-state index contributed by atoms with van der Waals surface area (Å²) < 4.78 is 0. The number of aryl methyl sites for hydroxylation is 1. The van der Waals surface area contributed by atoms with E-state index in [1.165, 1.54) is 5.56 Å². The fraction of sp³-hybridized carbons (Fsp3) is 0.562. The van der Waals surface area contributed by atoms with Gasteiger partial charge in [-0.1, -0.05) is 18.2 Å². The molecule has 0 spiro atoms. The first-order valence-corrected chi connectivity index (χ1v) is 7.28. The van der Waals surface area contributed by atoms with E-state index in [1.54, 1.807) is 6.92 Å². The third-order valence-corrected chi connectivity index (χ3v) is 3.91. The summed E-state index contributed by atoms with van der Waals surface area (Å²) in [6.07, 6.45) is 2.07. The van der Waals surface area contributed by atoms with Crippen LogP contribution in [-0.2, 0) is 11.4 Å². The number of aliphatic hydroxyl groups excluding tert-OH is 1. The van der Waals surface area contributed by atoms with Gasteiger partial charge < -0.3 is 10.4 Å². The predicted molar refractivity (Wildman–Crippen MR) is 80.9 cm³/mol. The molecule has 1 saturated heterocycles. The number of Topliss-reactive ketones (excluding diaryl/α,β-unsaturated/α-hetero) is 1. The maximum Gasteiger partial charge on any atom is 0.143 e. The molecule has 0 aliphatic carbocycles. The van der Waals surface area contributed by atoms with Crippen molar-refractivity contribution in [3.05, 3.63) is 29.3 Å². The van der Waals surface area contributed by atoms with E-state index in [-0.39, 0.29) is 12.4 Å². The SMILES string of the molecule is CC(=O)CN1CCC(Nc2c(C)cccc2CO)CC1. The molecule has 0 amide bonds. The number of ketones is 1. The van der Waals surface area contributed by atoms with Gasteiger partial charge in [0, 0.05) is 30.4 Å². The first-order valence-electron chi connectivity index (χ1n) is 7.28. The lowest BCUT2D eigenvalue weighted by atomic mass is 10.0. The fourth-order valence-corrected chi connectivity index (χ4v) is 2.82. The zero-order valence-corrected chi connectivity index (χ0v) is 12.4. The van der Waals surface area contributed by atoms with Crippen LogP contribution < -0.4 is 5.32 Å². The second-order valence-electron chi connectivity index (χ2n) is 5.66. The average Bonchev–Trinajstić information content (AvgIpc) is 2.42. The van der Waals surface area contributed by atoms with Gasteiger partial charge in [0.15, 0.2) is 0 Å². The molecule has 1 aliphatic rings. The highest BCUT2D eigenvalue weighted by molar-refractivity contribution is 5.77. The van der Waals surface area contributed by atoms with Gasteiger partial charge in [0.25, 0.3) is 0 Å². The quantitative estimate of drug-likeness (QED) is 0.863. The minimum Gasteiger partial charge on any atom is -0.392 e. The van der Waals surface area contributed by atoms with E-state index >= 15 is 0 Å². The molecular formula is C16H24N2O2. The molecule has 1 fully saturated rings. The third-order valence-electron chi connectivity index (χ3n) is 3.91. The van der Waals surface area contributed by atoms with Crippen molar-refractivity contribution in [3.63, 3.8) is 0 Å². The first-order chi connectivity index (χ1) is 9.60. The molecule has 1 aromatic rings. The van der Waals surface area contributed by atoms with Crippen molar-refractivity contribution in [2.24, 2.45) is 0 Å². The van der Waals surface area contributed by atoms with Crippen LogP contribution in [0.2, 0.25) is 0 Å². The van der Waals surface area contributed by atoms with Crippen molar-refractivity contribution in [2.75, 3.05) is 25.0 Å². The topological polar surface area (TPSA) is 52.6 Å². The van der Waals surface area contributed by atoms with Crippen molar-refractivity contribution in [3.8, 4) is 0 Å². The number of anilines is 1. The normalized spacial score (nSPS) is 17.1. The number of piperidine rings is 1. The van der Waals surface area contributed by atoms with Gasteiger partial charge in [0.1, 0.15) is 5.78 Å².